The second-order valence-corrected chi connectivity index (χ2v) is 6.82. The van der Waals surface area contributed by atoms with Crippen LogP contribution in [0.3, 0.4) is 0 Å². The fraction of sp³-hybridized carbons (Fsp3) is 0.818. The fourth-order valence-corrected chi connectivity index (χ4v) is 3.27. The SMILES string of the molecule is COCCNC(=O)CNC(=O)CC1CS(=O)(=O)CCN1. The minimum atomic E-state index is -3.06. The molecule has 3 N–H and O–H groups in total. The number of rotatable bonds is 7. The maximum atomic E-state index is 11.6. The van der Waals surface area contributed by atoms with Gasteiger partial charge in [0.05, 0.1) is 24.7 Å². The molecule has 1 heterocycles. The van der Waals surface area contributed by atoms with E-state index in [2.05, 4.69) is 16.0 Å². The van der Waals surface area contributed by atoms with E-state index >= 15 is 0 Å². The van der Waals surface area contributed by atoms with Crippen LogP contribution in [-0.2, 0) is 24.2 Å². The third-order valence-corrected chi connectivity index (χ3v) is 4.54. The molecule has 0 radical (unpaired) electrons. The molecule has 20 heavy (non-hydrogen) atoms. The Bertz CT molecular complexity index is 437. The lowest BCUT2D eigenvalue weighted by atomic mass is 10.2. The van der Waals surface area contributed by atoms with Gasteiger partial charge in [-0.05, 0) is 0 Å². The lowest BCUT2D eigenvalue weighted by Gasteiger charge is -2.23. The molecular weight excluding hydrogens is 286 g/mol. The third-order valence-electron chi connectivity index (χ3n) is 2.81. The van der Waals surface area contributed by atoms with E-state index in [0.29, 0.717) is 19.7 Å². The van der Waals surface area contributed by atoms with Gasteiger partial charge in [-0.15, -0.1) is 0 Å². The van der Waals surface area contributed by atoms with E-state index in [9.17, 15) is 18.0 Å². The van der Waals surface area contributed by atoms with E-state index in [1.54, 1.807) is 0 Å². The number of ether oxygens (including phenoxy) is 1. The van der Waals surface area contributed by atoms with Gasteiger partial charge >= 0.3 is 0 Å². The number of carbonyl (C=O) groups excluding carboxylic acids is 2. The molecule has 1 atom stereocenters. The largest absolute Gasteiger partial charge is 0.383 e. The molecule has 1 unspecified atom stereocenters. The molecule has 0 saturated carbocycles. The first-order valence-electron chi connectivity index (χ1n) is 6.39. The molecule has 1 saturated heterocycles. The summed E-state index contributed by atoms with van der Waals surface area (Å²) in [7, 11) is -1.53. The molecule has 0 aromatic carbocycles. The van der Waals surface area contributed by atoms with Crippen LogP contribution >= 0.6 is 0 Å². The number of hydrogen-bond acceptors (Lipinski definition) is 6. The van der Waals surface area contributed by atoms with Crippen LogP contribution in [-0.4, -0.2) is 71.1 Å². The van der Waals surface area contributed by atoms with Crippen molar-refractivity contribution in [3.8, 4) is 0 Å². The Balaban J connectivity index is 2.21. The molecule has 0 spiro atoms. The summed E-state index contributed by atoms with van der Waals surface area (Å²) in [6.45, 7) is 1.02. The second kappa shape index (κ2) is 8.18. The number of carbonyl (C=O) groups is 2. The minimum Gasteiger partial charge on any atom is -0.383 e. The van der Waals surface area contributed by atoms with Crippen molar-refractivity contribution < 1.29 is 22.7 Å². The molecule has 1 aliphatic heterocycles. The predicted octanol–water partition coefficient (Wildman–Crippen LogP) is -2.36. The number of sulfone groups is 1. The molecule has 0 aromatic rings. The lowest BCUT2D eigenvalue weighted by Crippen LogP contribution is -2.48. The summed E-state index contributed by atoms with van der Waals surface area (Å²) >= 11 is 0. The molecular formula is C11H21N3O5S. The van der Waals surface area contributed by atoms with Crippen LogP contribution in [0.4, 0.5) is 0 Å². The topological polar surface area (TPSA) is 114 Å². The smallest absolute Gasteiger partial charge is 0.239 e. The molecule has 0 aromatic heterocycles. The van der Waals surface area contributed by atoms with E-state index in [1.807, 2.05) is 0 Å². The predicted molar refractivity (Wildman–Crippen MR) is 73.0 cm³/mol. The van der Waals surface area contributed by atoms with Gasteiger partial charge in [0.25, 0.3) is 0 Å². The van der Waals surface area contributed by atoms with Gasteiger partial charge in [0.2, 0.25) is 11.8 Å². The maximum Gasteiger partial charge on any atom is 0.239 e. The number of nitrogens with one attached hydrogen (secondary N) is 3. The Morgan fingerprint density at radius 1 is 1.30 bits per heavy atom. The van der Waals surface area contributed by atoms with Gasteiger partial charge in [-0.2, -0.15) is 0 Å². The average molecular weight is 307 g/mol. The Morgan fingerprint density at radius 2 is 2.05 bits per heavy atom. The van der Waals surface area contributed by atoms with Crippen molar-refractivity contribution in [1.82, 2.24) is 16.0 Å². The van der Waals surface area contributed by atoms with Crippen LogP contribution < -0.4 is 16.0 Å². The Hall–Kier alpha value is -1.19. The van der Waals surface area contributed by atoms with Crippen molar-refractivity contribution in [3.63, 3.8) is 0 Å². The van der Waals surface area contributed by atoms with E-state index < -0.39 is 9.84 Å². The van der Waals surface area contributed by atoms with Crippen LogP contribution in [0.2, 0.25) is 0 Å². The van der Waals surface area contributed by atoms with Crippen LogP contribution in [0.1, 0.15) is 6.42 Å². The van der Waals surface area contributed by atoms with Gasteiger partial charge in [0, 0.05) is 32.7 Å². The van der Waals surface area contributed by atoms with Crippen molar-refractivity contribution in [1.29, 1.82) is 0 Å². The van der Waals surface area contributed by atoms with Gasteiger partial charge in [0.1, 0.15) is 0 Å². The first-order valence-corrected chi connectivity index (χ1v) is 8.21. The molecule has 116 valence electrons. The van der Waals surface area contributed by atoms with Crippen LogP contribution in [0.15, 0.2) is 0 Å². The zero-order valence-electron chi connectivity index (χ0n) is 11.5. The molecule has 1 aliphatic rings. The summed E-state index contributed by atoms with van der Waals surface area (Å²) in [6.07, 6.45) is 0.0462. The summed E-state index contributed by atoms with van der Waals surface area (Å²) in [5, 5.41) is 8.00. The van der Waals surface area contributed by atoms with Crippen molar-refractivity contribution in [2.45, 2.75) is 12.5 Å². The zero-order valence-corrected chi connectivity index (χ0v) is 12.3. The average Bonchev–Trinajstić information content (AvgIpc) is 2.35. The summed E-state index contributed by atoms with van der Waals surface area (Å²) in [5.74, 6) is -0.589. The van der Waals surface area contributed by atoms with Gasteiger partial charge < -0.3 is 20.7 Å². The number of hydrogen-bond donors (Lipinski definition) is 3. The van der Waals surface area contributed by atoms with Gasteiger partial charge in [-0.1, -0.05) is 0 Å². The van der Waals surface area contributed by atoms with Gasteiger partial charge in [0.15, 0.2) is 9.84 Å². The highest BCUT2D eigenvalue weighted by molar-refractivity contribution is 7.91. The van der Waals surface area contributed by atoms with Crippen molar-refractivity contribution in [2.75, 3.05) is 44.9 Å². The quantitative estimate of drug-likeness (QED) is 0.454. The van der Waals surface area contributed by atoms with Crippen LogP contribution in [0.5, 0.6) is 0 Å². The molecule has 8 nitrogen and oxygen atoms in total. The molecule has 0 aliphatic carbocycles. The fourth-order valence-electron chi connectivity index (χ4n) is 1.83. The van der Waals surface area contributed by atoms with E-state index in [-0.39, 0.29) is 42.3 Å². The maximum absolute atomic E-state index is 11.6. The standard InChI is InChI=1S/C11H21N3O5S/c1-19-4-2-13-11(16)7-14-10(15)6-9-8-20(17,18)5-3-12-9/h9,12H,2-8H2,1H3,(H,13,16)(H,14,15). The first kappa shape index (κ1) is 16.9. The third kappa shape index (κ3) is 6.83. The van der Waals surface area contributed by atoms with E-state index in [0.717, 1.165) is 0 Å². The van der Waals surface area contributed by atoms with Crippen molar-refractivity contribution in [3.05, 3.63) is 0 Å². The minimum absolute atomic E-state index is 0.0412. The first-order chi connectivity index (χ1) is 9.43. The molecule has 9 heteroatoms. The summed E-state index contributed by atoms with van der Waals surface area (Å²) in [6, 6.07) is -0.384. The van der Waals surface area contributed by atoms with E-state index in [4.69, 9.17) is 4.74 Å². The molecule has 0 bridgehead atoms. The van der Waals surface area contributed by atoms with Gasteiger partial charge in [-0.25, -0.2) is 8.42 Å². The van der Waals surface area contributed by atoms with Crippen LogP contribution in [0, 0.1) is 0 Å². The zero-order chi connectivity index (χ0) is 15.0. The molecule has 2 amide bonds. The Labute approximate surface area is 118 Å². The Morgan fingerprint density at radius 3 is 2.70 bits per heavy atom. The van der Waals surface area contributed by atoms with Crippen LogP contribution in [0.25, 0.3) is 0 Å². The van der Waals surface area contributed by atoms with Crippen molar-refractivity contribution in [2.24, 2.45) is 0 Å². The van der Waals surface area contributed by atoms with Crippen molar-refractivity contribution >= 4 is 21.7 Å². The lowest BCUT2D eigenvalue weighted by molar-refractivity contribution is -0.126. The normalized spacial score (nSPS) is 21.1. The number of amides is 2. The van der Waals surface area contributed by atoms with E-state index in [1.165, 1.54) is 7.11 Å². The highest BCUT2D eigenvalue weighted by Crippen LogP contribution is 2.04. The second-order valence-electron chi connectivity index (χ2n) is 4.59. The molecule has 1 rings (SSSR count). The summed E-state index contributed by atoms with van der Waals surface area (Å²) in [5.41, 5.74) is 0. The summed E-state index contributed by atoms with van der Waals surface area (Å²) < 4.78 is 27.6. The summed E-state index contributed by atoms with van der Waals surface area (Å²) in [4.78, 5) is 22.9. The molecule has 1 fully saturated rings. The highest BCUT2D eigenvalue weighted by Gasteiger charge is 2.25. The Kier molecular flexibility index (Phi) is 6.89. The van der Waals surface area contributed by atoms with Gasteiger partial charge in [-0.3, -0.25) is 9.59 Å². The monoisotopic (exact) mass is 307 g/mol. The highest BCUT2D eigenvalue weighted by atomic mass is 32.2. The number of methoxy groups -OCH3 is 1.